The van der Waals surface area contributed by atoms with E-state index < -0.39 is 0 Å². The second-order valence-electron chi connectivity index (χ2n) is 5.76. The van der Waals surface area contributed by atoms with Gasteiger partial charge in [0.15, 0.2) is 0 Å². The van der Waals surface area contributed by atoms with Crippen LogP contribution in [0.4, 0.5) is 0 Å². The lowest BCUT2D eigenvalue weighted by Gasteiger charge is -2.24. The maximum Gasteiger partial charge on any atom is 0.118 e. The van der Waals surface area contributed by atoms with Crippen LogP contribution >= 0.6 is 0 Å². The Bertz CT molecular complexity index is 564. The molecule has 3 rings (SSSR count). The minimum absolute atomic E-state index is 0.298. The molecule has 2 atom stereocenters. The minimum atomic E-state index is 0.298. The van der Waals surface area contributed by atoms with Gasteiger partial charge in [-0.1, -0.05) is 18.2 Å². The summed E-state index contributed by atoms with van der Waals surface area (Å²) in [7, 11) is 1.70. The largest absolute Gasteiger partial charge is 0.497 e. The van der Waals surface area contributed by atoms with Crippen LogP contribution in [-0.2, 0) is 0 Å². The summed E-state index contributed by atoms with van der Waals surface area (Å²) in [6.45, 7) is 2.20. The third-order valence-electron chi connectivity index (χ3n) is 4.18. The first-order valence-corrected chi connectivity index (χ1v) is 7.58. The molecule has 1 saturated carbocycles. The number of methoxy groups -OCH3 is 1. The van der Waals surface area contributed by atoms with Gasteiger partial charge in [0.1, 0.15) is 5.75 Å². The van der Waals surface area contributed by atoms with Gasteiger partial charge in [0.2, 0.25) is 0 Å². The van der Waals surface area contributed by atoms with Crippen LogP contribution in [0.25, 0.3) is 0 Å². The molecule has 1 heterocycles. The first-order valence-electron chi connectivity index (χ1n) is 7.58. The lowest BCUT2D eigenvalue weighted by Crippen LogP contribution is -2.26. The van der Waals surface area contributed by atoms with Gasteiger partial charge in [0.05, 0.1) is 7.11 Å². The van der Waals surface area contributed by atoms with Crippen molar-refractivity contribution in [1.82, 2.24) is 10.3 Å². The molecule has 0 amide bonds. The van der Waals surface area contributed by atoms with Crippen molar-refractivity contribution in [1.29, 1.82) is 0 Å². The Hall–Kier alpha value is -1.87. The van der Waals surface area contributed by atoms with Crippen LogP contribution < -0.4 is 10.1 Å². The van der Waals surface area contributed by atoms with Crippen LogP contribution in [0.1, 0.15) is 43.0 Å². The first kappa shape index (κ1) is 14.1. The van der Waals surface area contributed by atoms with Gasteiger partial charge in [-0.3, -0.25) is 4.98 Å². The molecule has 3 heteroatoms. The number of aromatic nitrogens is 1. The maximum atomic E-state index is 5.25. The Morgan fingerprint density at radius 1 is 1.14 bits per heavy atom. The normalized spacial score (nSPS) is 17.2. The molecule has 0 saturated heterocycles. The van der Waals surface area contributed by atoms with Crippen molar-refractivity contribution < 1.29 is 4.74 Å². The van der Waals surface area contributed by atoms with Crippen LogP contribution in [0, 0.1) is 5.92 Å². The van der Waals surface area contributed by atoms with Crippen molar-refractivity contribution in [2.75, 3.05) is 7.11 Å². The predicted octanol–water partition coefficient (Wildman–Crippen LogP) is 3.89. The summed E-state index contributed by atoms with van der Waals surface area (Å²) in [6.07, 6.45) is 6.38. The van der Waals surface area contributed by atoms with Gasteiger partial charge in [0, 0.05) is 24.5 Å². The quantitative estimate of drug-likeness (QED) is 0.872. The van der Waals surface area contributed by atoms with Crippen LogP contribution in [-0.4, -0.2) is 12.1 Å². The fraction of sp³-hybridized carbons (Fsp3) is 0.389. The molecule has 21 heavy (non-hydrogen) atoms. The smallest absolute Gasteiger partial charge is 0.118 e. The molecular weight excluding hydrogens is 260 g/mol. The van der Waals surface area contributed by atoms with E-state index in [1.165, 1.54) is 24.0 Å². The highest BCUT2D eigenvalue weighted by Crippen LogP contribution is 2.42. The van der Waals surface area contributed by atoms with Crippen molar-refractivity contribution in [2.45, 2.75) is 31.8 Å². The van der Waals surface area contributed by atoms with E-state index >= 15 is 0 Å². The fourth-order valence-electron chi connectivity index (χ4n) is 2.74. The van der Waals surface area contributed by atoms with E-state index in [-0.39, 0.29) is 0 Å². The molecule has 1 fully saturated rings. The summed E-state index contributed by atoms with van der Waals surface area (Å²) in [5, 5.41) is 3.77. The number of pyridine rings is 1. The Morgan fingerprint density at radius 2 is 1.90 bits per heavy atom. The fourth-order valence-corrected chi connectivity index (χ4v) is 2.74. The summed E-state index contributed by atoms with van der Waals surface area (Å²) >= 11 is 0. The molecule has 1 unspecified atom stereocenters. The van der Waals surface area contributed by atoms with Crippen LogP contribution in [0.3, 0.4) is 0 Å². The van der Waals surface area contributed by atoms with Crippen molar-refractivity contribution in [3.05, 3.63) is 59.9 Å². The van der Waals surface area contributed by atoms with E-state index in [1.807, 2.05) is 30.6 Å². The SMILES string of the molecule is COc1ccc(C(N[C@@H](C)c2cccnc2)C2CC2)cc1. The molecule has 0 radical (unpaired) electrons. The zero-order chi connectivity index (χ0) is 14.7. The number of hydrogen-bond donors (Lipinski definition) is 1. The Labute approximate surface area is 126 Å². The zero-order valence-electron chi connectivity index (χ0n) is 12.6. The highest BCUT2D eigenvalue weighted by molar-refractivity contribution is 5.30. The molecule has 3 nitrogen and oxygen atoms in total. The van der Waals surface area contributed by atoms with Crippen molar-refractivity contribution in [3.63, 3.8) is 0 Å². The molecule has 1 aromatic heterocycles. The number of benzene rings is 1. The molecule has 1 aromatic carbocycles. The third kappa shape index (κ3) is 3.42. The summed E-state index contributed by atoms with van der Waals surface area (Å²) in [4.78, 5) is 4.21. The van der Waals surface area contributed by atoms with E-state index in [9.17, 15) is 0 Å². The minimum Gasteiger partial charge on any atom is -0.497 e. The predicted molar refractivity (Wildman–Crippen MR) is 84.2 cm³/mol. The summed E-state index contributed by atoms with van der Waals surface area (Å²) in [5.41, 5.74) is 2.57. The molecule has 0 spiro atoms. The van der Waals surface area contributed by atoms with E-state index in [2.05, 4.69) is 35.4 Å². The van der Waals surface area contributed by atoms with E-state index in [4.69, 9.17) is 4.74 Å². The molecule has 0 aliphatic heterocycles. The molecule has 2 aromatic rings. The number of ether oxygens (including phenoxy) is 1. The highest BCUT2D eigenvalue weighted by Gasteiger charge is 2.33. The second-order valence-corrected chi connectivity index (χ2v) is 5.76. The van der Waals surface area contributed by atoms with Gasteiger partial charge in [0.25, 0.3) is 0 Å². The van der Waals surface area contributed by atoms with Gasteiger partial charge >= 0.3 is 0 Å². The standard InChI is InChI=1S/C18H22N2O/c1-13(16-4-3-11-19-12-16)20-18(14-5-6-14)15-7-9-17(21-2)10-8-15/h3-4,7-14,18,20H,5-6H2,1-2H3/t13-,18?/m0/s1. The van der Waals surface area contributed by atoms with Gasteiger partial charge in [-0.05, 0) is 55.0 Å². The van der Waals surface area contributed by atoms with Crippen molar-refractivity contribution in [3.8, 4) is 5.75 Å². The Balaban J connectivity index is 1.75. The lowest BCUT2D eigenvalue weighted by atomic mass is 10.00. The van der Waals surface area contributed by atoms with Crippen LogP contribution in [0.5, 0.6) is 5.75 Å². The summed E-state index contributed by atoms with van der Waals surface area (Å²) in [6, 6.07) is 13.3. The molecule has 110 valence electrons. The molecule has 1 aliphatic carbocycles. The molecule has 1 N–H and O–H groups in total. The second kappa shape index (κ2) is 6.27. The van der Waals surface area contributed by atoms with E-state index in [0.29, 0.717) is 12.1 Å². The van der Waals surface area contributed by atoms with Gasteiger partial charge < -0.3 is 10.1 Å². The van der Waals surface area contributed by atoms with Gasteiger partial charge in [-0.2, -0.15) is 0 Å². The number of rotatable bonds is 6. The molecule has 1 aliphatic rings. The van der Waals surface area contributed by atoms with E-state index in [0.717, 1.165) is 11.7 Å². The monoisotopic (exact) mass is 282 g/mol. The average Bonchev–Trinajstić information content (AvgIpc) is 3.38. The highest BCUT2D eigenvalue weighted by atomic mass is 16.5. The first-order chi connectivity index (χ1) is 10.3. The van der Waals surface area contributed by atoms with E-state index in [1.54, 1.807) is 7.11 Å². The van der Waals surface area contributed by atoms with Gasteiger partial charge in [-0.15, -0.1) is 0 Å². The number of nitrogens with zero attached hydrogens (tertiary/aromatic N) is 1. The van der Waals surface area contributed by atoms with Crippen molar-refractivity contribution in [2.24, 2.45) is 5.92 Å². The molecular formula is C18H22N2O. The maximum absolute atomic E-state index is 5.25. The zero-order valence-corrected chi connectivity index (χ0v) is 12.6. The molecule has 0 bridgehead atoms. The van der Waals surface area contributed by atoms with Gasteiger partial charge in [-0.25, -0.2) is 0 Å². The third-order valence-corrected chi connectivity index (χ3v) is 4.18. The number of nitrogens with one attached hydrogen (secondary N) is 1. The summed E-state index contributed by atoms with van der Waals surface area (Å²) < 4.78 is 5.25. The number of hydrogen-bond acceptors (Lipinski definition) is 3. The lowest BCUT2D eigenvalue weighted by molar-refractivity contribution is 0.411. The Morgan fingerprint density at radius 3 is 2.48 bits per heavy atom. The summed E-state index contributed by atoms with van der Waals surface area (Å²) in [5.74, 6) is 1.66. The Kier molecular flexibility index (Phi) is 4.20. The topological polar surface area (TPSA) is 34.1 Å². The van der Waals surface area contributed by atoms with Crippen molar-refractivity contribution >= 4 is 0 Å². The van der Waals surface area contributed by atoms with Crippen LogP contribution in [0.2, 0.25) is 0 Å². The van der Waals surface area contributed by atoms with Crippen LogP contribution in [0.15, 0.2) is 48.8 Å². The average molecular weight is 282 g/mol.